The number of halogens is 1. The lowest BCUT2D eigenvalue weighted by Crippen LogP contribution is -2.23. The van der Waals surface area contributed by atoms with Gasteiger partial charge in [0.2, 0.25) is 0 Å². The number of carboxylic acid groups (broad SMARTS) is 1. The second-order valence-corrected chi connectivity index (χ2v) is 5.52. The molecule has 0 atom stereocenters. The van der Waals surface area contributed by atoms with Crippen molar-refractivity contribution in [2.45, 2.75) is 12.8 Å². The molecule has 104 valence electrons. The maximum absolute atomic E-state index is 10.4. The Morgan fingerprint density at radius 1 is 0.950 bits per heavy atom. The second kappa shape index (κ2) is 7.10. The minimum atomic E-state index is -0.975. The lowest BCUT2D eigenvalue weighted by molar-refractivity contribution is 0.194. The molecule has 0 fully saturated rings. The largest absolute Gasteiger partial charge is 0.465 e. The third-order valence-electron chi connectivity index (χ3n) is 3.03. The topological polar surface area (TPSA) is 49.3 Å². The molecule has 2 rings (SSSR count). The summed E-state index contributed by atoms with van der Waals surface area (Å²) in [7, 11) is 0. The summed E-state index contributed by atoms with van der Waals surface area (Å²) in [4.78, 5) is 10.4. The zero-order chi connectivity index (χ0) is 14.4. The van der Waals surface area contributed by atoms with Gasteiger partial charge in [-0.3, -0.25) is 0 Å². The molecule has 0 aliphatic carbocycles. The van der Waals surface area contributed by atoms with E-state index in [1.54, 1.807) is 0 Å². The lowest BCUT2D eigenvalue weighted by atomic mass is 10.0. The predicted molar refractivity (Wildman–Crippen MR) is 83.1 cm³/mol. The van der Waals surface area contributed by atoms with Crippen LogP contribution in [0.1, 0.15) is 16.7 Å². The molecule has 0 bridgehead atoms. The summed E-state index contributed by atoms with van der Waals surface area (Å²) in [5.74, 6) is 0. The maximum atomic E-state index is 10.4. The number of rotatable bonds is 5. The van der Waals surface area contributed by atoms with Crippen molar-refractivity contribution in [2.24, 2.45) is 0 Å². The van der Waals surface area contributed by atoms with Crippen LogP contribution in [0.25, 0.3) is 0 Å². The first-order valence-electron chi connectivity index (χ1n) is 6.42. The summed E-state index contributed by atoms with van der Waals surface area (Å²) in [5, 5.41) is 10.9. The lowest BCUT2D eigenvalue weighted by Gasteiger charge is -2.05. The third-order valence-corrected chi connectivity index (χ3v) is 3.56. The molecule has 3 nitrogen and oxygen atoms in total. The van der Waals surface area contributed by atoms with Crippen molar-refractivity contribution < 1.29 is 9.90 Å². The quantitative estimate of drug-likeness (QED) is 0.873. The summed E-state index contributed by atoms with van der Waals surface area (Å²) >= 11 is 3.43. The van der Waals surface area contributed by atoms with Crippen molar-refractivity contribution in [1.29, 1.82) is 0 Å². The fraction of sp³-hybridized carbons (Fsp3) is 0.188. The minimum absolute atomic E-state index is 0.446. The van der Waals surface area contributed by atoms with E-state index < -0.39 is 6.09 Å². The molecule has 2 aromatic rings. The molecule has 1 amide bonds. The van der Waals surface area contributed by atoms with E-state index in [0.717, 1.165) is 16.5 Å². The Bertz CT molecular complexity index is 564. The van der Waals surface area contributed by atoms with E-state index in [2.05, 4.69) is 57.6 Å². The Labute approximate surface area is 126 Å². The molecule has 0 aliphatic rings. The van der Waals surface area contributed by atoms with E-state index in [4.69, 9.17) is 5.11 Å². The number of carbonyl (C=O) groups is 1. The second-order valence-electron chi connectivity index (χ2n) is 4.60. The van der Waals surface area contributed by atoms with E-state index in [1.165, 1.54) is 11.1 Å². The molecule has 2 N–H and O–H groups in total. The Morgan fingerprint density at radius 2 is 1.45 bits per heavy atom. The summed E-state index contributed by atoms with van der Waals surface area (Å²) in [6.07, 6.45) is 0.642. The van der Waals surface area contributed by atoms with Crippen molar-refractivity contribution in [2.75, 3.05) is 6.54 Å². The zero-order valence-electron chi connectivity index (χ0n) is 11.0. The smallest absolute Gasteiger partial charge is 0.404 e. The van der Waals surface area contributed by atoms with E-state index in [9.17, 15) is 4.79 Å². The Kier molecular flexibility index (Phi) is 5.18. The van der Waals surface area contributed by atoms with Gasteiger partial charge in [-0.2, -0.15) is 0 Å². The molecule has 0 saturated carbocycles. The standard InChI is InChI=1S/C16H16BrNO2/c17-15-7-5-14(6-8-15)11-13-3-1-12(2-4-13)9-10-18-16(19)20/h1-8,18H,9-11H2,(H,19,20). The SMILES string of the molecule is O=C(O)NCCc1ccc(Cc2ccc(Br)cc2)cc1. The first kappa shape index (κ1) is 14.6. The monoisotopic (exact) mass is 333 g/mol. The van der Waals surface area contributed by atoms with Crippen molar-refractivity contribution in [1.82, 2.24) is 5.32 Å². The molecule has 0 aliphatic heterocycles. The first-order chi connectivity index (χ1) is 9.63. The molecule has 0 unspecified atom stereocenters. The highest BCUT2D eigenvalue weighted by atomic mass is 79.9. The van der Waals surface area contributed by atoms with Crippen LogP contribution in [-0.4, -0.2) is 17.7 Å². The van der Waals surface area contributed by atoms with Gasteiger partial charge >= 0.3 is 6.09 Å². The van der Waals surface area contributed by atoms with Crippen LogP contribution in [0.3, 0.4) is 0 Å². The number of nitrogens with one attached hydrogen (secondary N) is 1. The van der Waals surface area contributed by atoms with Crippen LogP contribution >= 0.6 is 15.9 Å². The van der Waals surface area contributed by atoms with Gasteiger partial charge in [-0.1, -0.05) is 52.3 Å². The van der Waals surface area contributed by atoms with Crippen LogP contribution in [-0.2, 0) is 12.8 Å². The molecule has 0 saturated heterocycles. The fourth-order valence-electron chi connectivity index (χ4n) is 1.98. The summed E-state index contributed by atoms with van der Waals surface area (Å²) < 4.78 is 1.09. The van der Waals surface area contributed by atoms with Crippen LogP contribution in [0.5, 0.6) is 0 Å². The Morgan fingerprint density at radius 3 is 2.00 bits per heavy atom. The van der Waals surface area contributed by atoms with Gasteiger partial charge in [-0.05, 0) is 41.7 Å². The highest BCUT2D eigenvalue weighted by Crippen LogP contribution is 2.14. The summed E-state index contributed by atoms with van der Waals surface area (Å²) in [5.41, 5.74) is 3.66. The normalized spacial score (nSPS) is 10.2. The van der Waals surface area contributed by atoms with Crippen LogP contribution < -0.4 is 5.32 Å². The molecule has 0 spiro atoms. The molecule has 0 radical (unpaired) electrons. The van der Waals surface area contributed by atoms with Gasteiger partial charge in [-0.15, -0.1) is 0 Å². The molecular formula is C16H16BrNO2. The molecule has 2 aromatic carbocycles. The van der Waals surface area contributed by atoms with Gasteiger partial charge in [0.1, 0.15) is 0 Å². The Balaban J connectivity index is 1.91. The minimum Gasteiger partial charge on any atom is -0.465 e. The average molecular weight is 334 g/mol. The third kappa shape index (κ3) is 4.70. The molecule has 20 heavy (non-hydrogen) atoms. The first-order valence-corrected chi connectivity index (χ1v) is 7.22. The van der Waals surface area contributed by atoms with E-state index >= 15 is 0 Å². The summed E-state index contributed by atoms with van der Waals surface area (Å²) in [6, 6.07) is 16.6. The van der Waals surface area contributed by atoms with Gasteiger partial charge < -0.3 is 10.4 Å². The molecule has 0 aromatic heterocycles. The van der Waals surface area contributed by atoms with Crippen LogP contribution in [0.4, 0.5) is 4.79 Å². The highest BCUT2D eigenvalue weighted by molar-refractivity contribution is 9.10. The number of hydrogen-bond acceptors (Lipinski definition) is 1. The molecule has 4 heteroatoms. The molecular weight excluding hydrogens is 318 g/mol. The van der Waals surface area contributed by atoms with Crippen molar-refractivity contribution in [3.05, 3.63) is 69.7 Å². The maximum Gasteiger partial charge on any atom is 0.404 e. The van der Waals surface area contributed by atoms with Crippen molar-refractivity contribution in [3.63, 3.8) is 0 Å². The Hall–Kier alpha value is -1.81. The van der Waals surface area contributed by atoms with E-state index in [1.807, 2.05) is 12.1 Å². The van der Waals surface area contributed by atoms with E-state index in [0.29, 0.717) is 13.0 Å². The van der Waals surface area contributed by atoms with Gasteiger partial charge in [0.15, 0.2) is 0 Å². The summed E-state index contributed by atoms with van der Waals surface area (Å²) in [6.45, 7) is 0.446. The van der Waals surface area contributed by atoms with Crippen molar-refractivity contribution in [3.8, 4) is 0 Å². The van der Waals surface area contributed by atoms with Crippen LogP contribution in [0.2, 0.25) is 0 Å². The van der Waals surface area contributed by atoms with Crippen LogP contribution in [0.15, 0.2) is 53.0 Å². The van der Waals surface area contributed by atoms with Crippen LogP contribution in [0, 0.1) is 0 Å². The van der Waals surface area contributed by atoms with Gasteiger partial charge in [0.25, 0.3) is 0 Å². The number of amides is 1. The highest BCUT2D eigenvalue weighted by Gasteiger charge is 1.99. The molecule has 0 heterocycles. The van der Waals surface area contributed by atoms with Crippen molar-refractivity contribution >= 4 is 22.0 Å². The zero-order valence-corrected chi connectivity index (χ0v) is 12.6. The van der Waals surface area contributed by atoms with Gasteiger partial charge in [0.05, 0.1) is 0 Å². The average Bonchev–Trinajstić information content (AvgIpc) is 2.43. The van der Waals surface area contributed by atoms with E-state index in [-0.39, 0.29) is 0 Å². The number of hydrogen-bond donors (Lipinski definition) is 2. The predicted octanol–water partition coefficient (Wildman–Crippen LogP) is 3.85. The van der Waals surface area contributed by atoms with Gasteiger partial charge in [-0.25, -0.2) is 4.79 Å². The fourth-order valence-corrected chi connectivity index (χ4v) is 2.24. The number of benzene rings is 2. The van der Waals surface area contributed by atoms with Gasteiger partial charge in [0, 0.05) is 11.0 Å².